The Balaban J connectivity index is 1.40. The molecule has 4 aromatic rings. The number of hydrogen-bond acceptors (Lipinski definition) is 5. The second kappa shape index (κ2) is 8.11. The predicted octanol–water partition coefficient (Wildman–Crippen LogP) is 4.88. The average Bonchev–Trinajstić information content (AvgIpc) is 3.25. The van der Waals surface area contributed by atoms with Gasteiger partial charge in [-0.3, -0.25) is 23.9 Å². The third kappa shape index (κ3) is 3.40. The lowest BCUT2D eigenvalue weighted by Gasteiger charge is -2.14. The maximum absolute atomic E-state index is 13.3. The molecule has 1 aliphatic heterocycles. The van der Waals surface area contributed by atoms with E-state index in [1.54, 1.807) is 35.2 Å². The number of benzene rings is 2. The Morgan fingerprint density at radius 3 is 2.25 bits per heavy atom. The molecular weight excluding hydrogens is 490 g/mol. The van der Waals surface area contributed by atoms with E-state index in [1.165, 1.54) is 16.2 Å². The average molecular weight is 508 g/mol. The molecular formula is C24H18BrN3O3S. The Hall–Kier alpha value is -3.10. The van der Waals surface area contributed by atoms with Crippen molar-refractivity contribution in [3.8, 4) is 11.1 Å². The fourth-order valence-corrected chi connectivity index (χ4v) is 5.37. The number of aromatic nitrogens is 2. The second-order valence-corrected chi connectivity index (χ2v) is 9.74. The van der Waals surface area contributed by atoms with E-state index in [0.717, 1.165) is 20.5 Å². The van der Waals surface area contributed by atoms with Crippen molar-refractivity contribution in [2.24, 2.45) is 0 Å². The molecule has 0 radical (unpaired) electrons. The van der Waals surface area contributed by atoms with Crippen LogP contribution in [0.1, 0.15) is 32.0 Å². The maximum atomic E-state index is 13.3. The van der Waals surface area contributed by atoms with Gasteiger partial charge < -0.3 is 0 Å². The number of carbonyl (C=O) groups excluding carboxylic acids is 2. The maximum Gasteiger partial charge on any atom is 0.262 e. The van der Waals surface area contributed by atoms with Crippen molar-refractivity contribution in [3.63, 3.8) is 0 Å². The molecule has 0 aliphatic carbocycles. The molecule has 0 unspecified atom stereocenters. The van der Waals surface area contributed by atoms with Crippen LogP contribution in [0.5, 0.6) is 0 Å². The van der Waals surface area contributed by atoms with Gasteiger partial charge in [-0.1, -0.05) is 40.2 Å². The largest absolute Gasteiger partial charge is 0.299 e. The highest BCUT2D eigenvalue weighted by atomic mass is 79.9. The number of amides is 2. The first-order chi connectivity index (χ1) is 15.5. The number of nitrogens with zero attached hydrogens (tertiary/aromatic N) is 3. The Bertz CT molecular complexity index is 1400. The third-order valence-corrected chi connectivity index (χ3v) is 7.19. The normalized spacial score (nSPS) is 13.2. The molecule has 0 atom stereocenters. The van der Waals surface area contributed by atoms with Gasteiger partial charge in [-0.05, 0) is 43.2 Å². The summed E-state index contributed by atoms with van der Waals surface area (Å²) in [6.07, 6.45) is 2.02. The van der Waals surface area contributed by atoms with Crippen LogP contribution in [0.25, 0.3) is 21.3 Å². The van der Waals surface area contributed by atoms with E-state index in [9.17, 15) is 14.4 Å². The van der Waals surface area contributed by atoms with Crippen LogP contribution in [0.3, 0.4) is 0 Å². The molecule has 0 fully saturated rings. The van der Waals surface area contributed by atoms with Gasteiger partial charge in [0.1, 0.15) is 4.83 Å². The Labute approximate surface area is 196 Å². The van der Waals surface area contributed by atoms with Crippen LogP contribution in [0.15, 0.2) is 64.1 Å². The van der Waals surface area contributed by atoms with E-state index in [1.807, 2.05) is 31.2 Å². The summed E-state index contributed by atoms with van der Waals surface area (Å²) in [4.78, 5) is 45.9. The van der Waals surface area contributed by atoms with Gasteiger partial charge in [0.05, 0.1) is 22.8 Å². The topological polar surface area (TPSA) is 72.3 Å². The first-order valence-corrected chi connectivity index (χ1v) is 11.8. The summed E-state index contributed by atoms with van der Waals surface area (Å²) < 4.78 is 2.54. The predicted molar refractivity (Wildman–Crippen MR) is 128 cm³/mol. The van der Waals surface area contributed by atoms with Crippen molar-refractivity contribution in [1.29, 1.82) is 0 Å². The molecule has 2 amide bonds. The van der Waals surface area contributed by atoms with Gasteiger partial charge in [-0.25, -0.2) is 4.98 Å². The summed E-state index contributed by atoms with van der Waals surface area (Å²) in [5.41, 5.74) is 2.64. The highest BCUT2D eigenvalue weighted by Crippen LogP contribution is 2.35. The molecule has 8 heteroatoms. The monoisotopic (exact) mass is 507 g/mol. The van der Waals surface area contributed by atoms with E-state index in [-0.39, 0.29) is 23.9 Å². The fourth-order valence-electron chi connectivity index (χ4n) is 4.10. The van der Waals surface area contributed by atoms with Crippen molar-refractivity contribution in [2.75, 3.05) is 6.54 Å². The highest BCUT2D eigenvalue weighted by Gasteiger charge is 2.34. The van der Waals surface area contributed by atoms with Gasteiger partial charge in [0.2, 0.25) is 0 Å². The molecule has 5 rings (SSSR count). The molecule has 0 saturated heterocycles. The van der Waals surface area contributed by atoms with Crippen LogP contribution >= 0.6 is 27.3 Å². The summed E-state index contributed by atoms with van der Waals surface area (Å²) in [7, 11) is 0. The number of carbonyl (C=O) groups is 2. The minimum absolute atomic E-state index is 0.111. The zero-order valence-corrected chi connectivity index (χ0v) is 19.6. The Kier molecular flexibility index (Phi) is 5.27. The summed E-state index contributed by atoms with van der Waals surface area (Å²) in [5.74, 6) is -0.560. The molecule has 0 bridgehead atoms. The summed E-state index contributed by atoms with van der Waals surface area (Å²) in [6, 6.07) is 14.7. The van der Waals surface area contributed by atoms with Gasteiger partial charge in [0.15, 0.2) is 0 Å². The third-order valence-electron chi connectivity index (χ3n) is 5.65. The zero-order valence-electron chi connectivity index (χ0n) is 17.2. The molecule has 160 valence electrons. The number of fused-ring (bicyclic) bond motifs is 2. The minimum atomic E-state index is -0.280. The SMILES string of the molecule is Cc1sc2ncn(CCCN3C(=O)c4ccccc4C3=O)c(=O)c2c1-c1ccc(Br)cc1. The van der Waals surface area contributed by atoms with E-state index >= 15 is 0 Å². The number of thiophene rings is 1. The van der Waals surface area contributed by atoms with E-state index in [2.05, 4.69) is 20.9 Å². The van der Waals surface area contributed by atoms with Gasteiger partial charge in [-0.15, -0.1) is 11.3 Å². The Morgan fingerprint density at radius 1 is 0.938 bits per heavy atom. The molecule has 6 nitrogen and oxygen atoms in total. The number of imide groups is 1. The molecule has 1 aliphatic rings. The minimum Gasteiger partial charge on any atom is -0.299 e. The molecule has 0 N–H and O–H groups in total. The molecule has 0 saturated carbocycles. The van der Waals surface area contributed by atoms with Crippen LogP contribution in [0.2, 0.25) is 0 Å². The van der Waals surface area contributed by atoms with Gasteiger partial charge in [0.25, 0.3) is 17.4 Å². The number of rotatable bonds is 5. The lowest BCUT2D eigenvalue weighted by atomic mass is 10.0. The first-order valence-electron chi connectivity index (χ1n) is 10.2. The lowest BCUT2D eigenvalue weighted by Crippen LogP contribution is -2.32. The first kappa shape index (κ1) is 20.8. The highest BCUT2D eigenvalue weighted by molar-refractivity contribution is 9.10. The number of hydrogen-bond donors (Lipinski definition) is 0. The van der Waals surface area contributed by atoms with Crippen LogP contribution in [0, 0.1) is 6.92 Å². The number of halogens is 1. The summed E-state index contributed by atoms with van der Waals surface area (Å²) >= 11 is 4.95. The van der Waals surface area contributed by atoms with Crippen molar-refractivity contribution < 1.29 is 9.59 Å². The quantitative estimate of drug-likeness (QED) is 0.360. The number of aryl methyl sites for hydroxylation is 2. The van der Waals surface area contributed by atoms with Gasteiger partial charge in [-0.2, -0.15) is 0 Å². The van der Waals surface area contributed by atoms with E-state index in [0.29, 0.717) is 34.3 Å². The van der Waals surface area contributed by atoms with Crippen molar-refractivity contribution >= 4 is 49.3 Å². The van der Waals surface area contributed by atoms with Crippen molar-refractivity contribution in [1.82, 2.24) is 14.5 Å². The van der Waals surface area contributed by atoms with Gasteiger partial charge in [0, 0.05) is 28.0 Å². The zero-order chi connectivity index (χ0) is 22.4. The van der Waals surface area contributed by atoms with Crippen molar-refractivity contribution in [2.45, 2.75) is 19.9 Å². The molecule has 3 heterocycles. The fraction of sp³-hybridized carbons (Fsp3) is 0.167. The summed E-state index contributed by atoms with van der Waals surface area (Å²) in [6.45, 7) is 2.61. The van der Waals surface area contributed by atoms with E-state index < -0.39 is 0 Å². The summed E-state index contributed by atoms with van der Waals surface area (Å²) in [5, 5.41) is 0.609. The van der Waals surface area contributed by atoms with E-state index in [4.69, 9.17) is 0 Å². The molecule has 2 aromatic heterocycles. The molecule has 2 aromatic carbocycles. The van der Waals surface area contributed by atoms with Crippen LogP contribution in [0.4, 0.5) is 0 Å². The molecule has 32 heavy (non-hydrogen) atoms. The van der Waals surface area contributed by atoms with Crippen LogP contribution < -0.4 is 5.56 Å². The lowest BCUT2D eigenvalue weighted by molar-refractivity contribution is 0.0650. The van der Waals surface area contributed by atoms with Gasteiger partial charge >= 0.3 is 0 Å². The standard InChI is InChI=1S/C24H18BrN3O3S/c1-14-19(15-7-9-16(25)10-8-15)20-21(32-14)26-13-27(24(20)31)11-4-12-28-22(29)17-5-2-3-6-18(17)23(28)30/h2-3,5-10,13H,4,11-12H2,1H3. The van der Waals surface area contributed by atoms with Crippen LogP contribution in [-0.2, 0) is 6.54 Å². The second-order valence-electron chi connectivity index (χ2n) is 7.62. The Morgan fingerprint density at radius 2 is 1.59 bits per heavy atom. The molecule has 0 spiro atoms. The van der Waals surface area contributed by atoms with Crippen molar-refractivity contribution in [3.05, 3.63) is 85.7 Å². The smallest absolute Gasteiger partial charge is 0.262 e. The van der Waals surface area contributed by atoms with Crippen LogP contribution in [-0.4, -0.2) is 32.8 Å².